The minimum atomic E-state index is -4.40. The lowest BCUT2D eigenvalue weighted by atomic mass is 10.1. The molecule has 0 aliphatic carbocycles. The van der Waals surface area contributed by atoms with Crippen LogP contribution in [0.25, 0.3) is 6.08 Å². The van der Waals surface area contributed by atoms with E-state index in [1.807, 2.05) is 0 Å². The lowest BCUT2D eigenvalue weighted by Crippen LogP contribution is -2.04. The Morgan fingerprint density at radius 3 is 2.62 bits per heavy atom. The van der Waals surface area contributed by atoms with Gasteiger partial charge in [0.2, 0.25) is 6.54 Å². The highest BCUT2D eigenvalue weighted by atomic mass is 19.4. The Morgan fingerprint density at radius 1 is 1.38 bits per heavy atom. The standard InChI is InChI=1S/C10H8F3NO2/c11-10(12,13)9-5-1-3-8(7-9)4-2-6-14(15)16/h1-5,7H,6H2. The second-order valence-electron chi connectivity index (χ2n) is 3.04. The summed E-state index contributed by atoms with van der Waals surface area (Å²) in [6.07, 6.45) is -1.90. The molecule has 0 N–H and O–H groups in total. The maximum Gasteiger partial charge on any atom is 0.416 e. The smallest absolute Gasteiger partial charge is 0.264 e. The van der Waals surface area contributed by atoms with Gasteiger partial charge in [-0.1, -0.05) is 18.2 Å². The van der Waals surface area contributed by atoms with Crippen LogP contribution in [0.1, 0.15) is 11.1 Å². The second kappa shape index (κ2) is 4.78. The molecule has 6 heteroatoms. The number of alkyl halides is 3. The molecule has 1 aromatic carbocycles. The molecule has 0 aromatic heterocycles. The van der Waals surface area contributed by atoms with Crippen molar-refractivity contribution < 1.29 is 18.1 Å². The first-order valence-corrected chi connectivity index (χ1v) is 4.35. The molecule has 3 nitrogen and oxygen atoms in total. The van der Waals surface area contributed by atoms with Gasteiger partial charge >= 0.3 is 6.18 Å². The van der Waals surface area contributed by atoms with Crippen LogP contribution in [-0.2, 0) is 6.18 Å². The van der Waals surface area contributed by atoms with Crippen LogP contribution in [0, 0.1) is 10.1 Å². The van der Waals surface area contributed by atoms with Crippen molar-refractivity contribution in [3.05, 3.63) is 51.6 Å². The van der Waals surface area contributed by atoms with Crippen LogP contribution in [0.3, 0.4) is 0 Å². The van der Waals surface area contributed by atoms with E-state index in [9.17, 15) is 23.3 Å². The third-order valence-electron chi connectivity index (χ3n) is 1.78. The Kier molecular flexibility index (Phi) is 3.65. The third-order valence-corrected chi connectivity index (χ3v) is 1.78. The van der Waals surface area contributed by atoms with E-state index in [0.717, 1.165) is 12.1 Å². The van der Waals surface area contributed by atoms with E-state index >= 15 is 0 Å². The van der Waals surface area contributed by atoms with Gasteiger partial charge in [-0.05, 0) is 23.8 Å². The Bertz CT molecular complexity index is 413. The van der Waals surface area contributed by atoms with Crippen molar-refractivity contribution in [2.75, 3.05) is 6.54 Å². The fraction of sp³-hybridized carbons (Fsp3) is 0.200. The maximum atomic E-state index is 12.3. The largest absolute Gasteiger partial charge is 0.416 e. The third kappa shape index (κ3) is 3.72. The zero-order valence-electron chi connectivity index (χ0n) is 8.07. The van der Waals surface area contributed by atoms with Crippen molar-refractivity contribution in [2.24, 2.45) is 0 Å². The van der Waals surface area contributed by atoms with E-state index in [0.29, 0.717) is 0 Å². The van der Waals surface area contributed by atoms with Crippen LogP contribution in [0.5, 0.6) is 0 Å². The van der Waals surface area contributed by atoms with E-state index in [-0.39, 0.29) is 5.56 Å². The highest BCUT2D eigenvalue weighted by Gasteiger charge is 2.30. The Labute approximate surface area is 89.4 Å². The molecule has 0 bridgehead atoms. The van der Waals surface area contributed by atoms with Gasteiger partial charge in [-0.2, -0.15) is 13.2 Å². The molecule has 0 saturated heterocycles. The van der Waals surface area contributed by atoms with Crippen molar-refractivity contribution >= 4 is 6.08 Å². The molecule has 16 heavy (non-hydrogen) atoms. The van der Waals surface area contributed by atoms with E-state index in [1.165, 1.54) is 24.3 Å². The highest BCUT2D eigenvalue weighted by molar-refractivity contribution is 5.50. The summed E-state index contributed by atoms with van der Waals surface area (Å²) in [5.74, 6) is 0. The molecule has 0 fully saturated rings. The minimum absolute atomic E-state index is 0.289. The molecule has 86 valence electrons. The quantitative estimate of drug-likeness (QED) is 0.592. The van der Waals surface area contributed by atoms with E-state index in [2.05, 4.69) is 0 Å². The molecule has 0 spiro atoms. The van der Waals surface area contributed by atoms with Gasteiger partial charge < -0.3 is 0 Å². The summed E-state index contributed by atoms with van der Waals surface area (Å²) in [4.78, 5) is 9.42. The molecular formula is C10H8F3NO2. The van der Waals surface area contributed by atoms with Gasteiger partial charge in [0.15, 0.2) is 0 Å². The van der Waals surface area contributed by atoms with Gasteiger partial charge in [0.1, 0.15) is 0 Å². The van der Waals surface area contributed by atoms with E-state index in [4.69, 9.17) is 0 Å². The van der Waals surface area contributed by atoms with Crippen molar-refractivity contribution in [1.29, 1.82) is 0 Å². The summed E-state index contributed by atoms with van der Waals surface area (Å²) in [6.45, 7) is -0.407. The van der Waals surface area contributed by atoms with Crippen molar-refractivity contribution in [3.63, 3.8) is 0 Å². The van der Waals surface area contributed by atoms with Crippen LogP contribution < -0.4 is 0 Å². The van der Waals surface area contributed by atoms with Gasteiger partial charge in [-0.25, -0.2) is 0 Å². The topological polar surface area (TPSA) is 43.1 Å². The monoisotopic (exact) mass is 231 g/mol. The Morgan fingerprint density at radius 2 is 2.06 bits per heavy atom. The Balaban J connectivity index is 2.83. The SMILES string of the molecule is O=[N+]([O-])CC=Cc1cccc(C(F)(F)F)c1. The van der Waals surface area contributed by atoms with E-state index in [1.54, 1.807) is 0 Å². The molecule has 1 rings (SSSR count). The predicted octanol–water partition coefficient (Wildman–Crippen LogP) is 3.00. The number of hydrogen-bond donors (Lipinski definition) is 0. The predicted molar refractivity (Wildman–Crippen MR) is 52.3 cm³/mol. The molecule has 0 aliphatic rings. The highest BCUT2D eigenvalue weighted by Crippen LogP contribution is 2.29. The van der Waals surface area contributed by atoms with Gasteiger partial charge in [-0.15, -0.1) is 0 Å². The van der Waals surface area contributed by atoms with E-state index < -0.39 is 23.2 Å². The number of halogens is 3. The number of benzene rings is 1. The first kappa shape index (κ1) is 12.2. The molecule has 1 aromatic rings. The van der Waals surface area contributed by atoms with Gasteiger partial charge in [0.25, 0.3) is 0 Å². The number of nitro groups is 1. The molecule has 0 amide bonds. The van der Waals surface area contributed by atoms with Gasteiger partial charge in [0, 0.05) is 4.92 Å². The number of hydrogen-bond acceptors (Lipinski definition) is 2. The average Bonchev–Trinajstić information content (AvgIpc) is 2.16. The fourth-order valence-corrected chi connectivity index (χ4v) is 1.09. The first-order chi connectivity index (χ1) is 7.39. The van der Waals surface area contributed by atoms with Crippen molar-refractivity contribution in [2.45, 2.75) is 6.18 Å². The summed E-state index contributed by atoms with van der Waals surface area (Å²) in [6, 6.07) is 4.60. The van der Waals surface area contributed by atoms with Crippen LogP contribution in [0.2, 0.25) is 0 Å². The fourth-order valence-electron chi connectivity index (χ4n) is 1.09. The van der Waals surface area contributed by atoms with Crippen LogP contribution in [0.15, 0.2) is 30.3 Å². The van der Waals surface area contributed by atoms with Crippen molar-refractivity contribution in [1.82, 2.24) is 0 Å². The normalized spacial score (nSPS) is 11.9. The maximum absolute atomic E-state index is 12.3. The van der Waals surface area contributed by atoms with Crippen molar-refractivity contribution in [3.8, 4) is 0 Å². The minimum Gasteiger partial charge on any atom is -0.264 e. The summed E-state index contributed by atoms with van der Waals surface area (Å²) < 4.78 is 36.9. The summed E-state index contributed by atoms with van der Waals surface area (Å²) in [5.41, 5.74) is -0.479. The number of rotatable bonds is 3. The first-order valence-electron chi connectivity index (χ1n) is 4.35. The lowest BCUT2D eigenvalue weighted by Gasteiger charge is -2.06. The lowest BCUT2D eigenvalue weighted by molar-refractivity contribution is -0.468. The van der Waals surface area contributed by atoms with Crippen LogP contribution in [0.4, 0.5) is 13.2 Å². The zero-order valence-corrected chi connectivity index (χ0v) is 8.07. The number of nitrogens with zero attached hydrogens (tertiary/aromatic N) is 1. The molecule has 0 aliphatic heterocycles. The molecule has 0 unspecified atom stereocenters. The van der Waals surface area contributed by atoms with Gasteiger partial charge in [-0.3, -0.25) is 10.1 Å². The molecule has 0 saturated carbocycles. The molecule has 0 radical (unpaired) electrons. The van der Waals surface area contributed by atoms with Gasteiger partial charge in [0.05, 0.1) is 5.56 Å². The second-order valence-corrected chi connectivity index (χ2v) is 3.04. The van der Waals surface area contributed by atoms with Crippen LogP contribution >= 0.6 is 0 Å². The summed E-state index contributed by atoms with van der Waals surface area (Å²) in [5, 5.41) is 9.99. The summed E-state index contributed by atoms with van der Waals surface area (Å²) >= 11 is 0. The Hall–Kier alpha value is -1.85. The molecular weight excluding hydrogens is 223 g/mol. The zero-order chi connectivity index (χ0) is 12.2. The molecule has 0 heterocycles. The van der Waals surface area contributed by atoms with Crippen LogP contribution in [-0.4, -0.2) is 11.5 Å². The molecule has 0 atom stereocenters. The summed E-state index contributed by atoms with van der Waals surface area (Å²) in [7, 11) is 0. The average molecular weight is 231 g/mol.